The number of aliphatic hydroxyl groups excluding tert-OH is 1. The molecule has 2 aromatic rings. The summed E-state index contributed by atoms with van der Waals surface area (Å²) in [5, 5.41) is 17.9. The first-order valence-corrected chi connectivity index (χ1v) is 7.61. The lowest BCUT2D eigenvalue weighted by Gasteiger charge is -2.21. The normalized spacial score (nSPS) is 17.9. The van der Waals surface area contributed by atoms with Gasteiger partial charge in [0.05, 0.1) is 25.4 Å². The molecule has 22 heavy (non-hydrogen) atoms. The zero-order chi connectivity index (χ0) is 15.5. The molecule has 3 rings (SSSR count). The first-order chi connectivity index (χ1) is 10.7. The molecule has 1 aliphatic rings. The van der Waals surface area contributed by atoms with Crippen LogP contribution in [0.15, 0.2) is 30.5 Å². The highest BCUT2D eigenvalue weighted by Gasteiger charge is 2.30. The third kappa shape index (κ3) is 3.13. The Balaban J connectivity index is 1.70. The van der Waals surface area contributed by atoms with Crippen LogP contribution in [0.4, 0.5) is 0 Å². The van der Waals surface area contributed by atoms with Gasteiger partial charge < -0.3 is 10.0 Å². The van der Waals surface area contributed by atoms with Gasteiger partial charge in [0.15, 0.2) is 5.69 Å². The molecule has 1 amide bonds. The van der Waals surface area contributed by atoms with Crippen molar-refractivity contribution < 1.29 is 9.90 Å². The predicted molar refractivity (Wildman–Crippen MR) is 81.7 cm³/mol. The average molecular weight is 321 g/mol. The lowest BCUT2D eigenvalue weighted by atomic mass is 10.2. The van der Waals surface area contributed by atoms with Gasteiger partial charge in [0, 0.05) is 11.6 Å². The molecule has 1 fully saturated rings. The van der Waals surface area contributed by atoms with Crippen LogP contribution in [0.2, 0.25) is 5.02 Å². The van der Waals surface area contributed by atoms with Crippen molar-refractivity contribution in [3.05, 3.63) is 46.7 Å². The Bertz CT molecular complexity index is 656. The van der Waals surface area contributed by atoms with E-state index in [9.17, 15) is 9.90 Å². The smallest absolute Gasteiger partial charge is 0.276 e. The summed E-state index contributed by atoms with van der Waals surface area (Å²) in [4.78, 5) is 14.1. The highest BCUT2D eigenvalue weighted by Crippen LogP contribution is 2.19. The summed E-state index contributed by atoms with van der Waals surface area (Å²) < 4.78 is 1.63. The molecule has 6 nitrogen and oxygen atoms in total. The highest BCUT2D eigenvalue weighted by molar-refractivity contribution is 6.30. The maximum Gasteiger partial charge on any atom is 0.276 e. The van der Waals surface area contributed by atoms with Crippen LogP contribution in [0.1, 0.15) is 28.9 Å². The Kier molecular flexibility index (Phi) is 4.40. The number of likely N-dealkylation sites (tertiary alicyclic amines) is 1. The fraction of sp³-hybridized carbons (Fsp3) is 0.400. The summed E-state index contributed by atoms with van der Waals surface area (Å²) in [6.45, 7) is 1.18. The van der Waals surface area contributed by atoms with Gasteiger partial charge in [-0.05, 0) is 30.5 Å². The van der Waals surface area contributed by atoms with Gasteiger partial charge in [-0.3, -0.25) is 4.79 Å². The Hall–Kier alpha value is -1.92. The lowest BCUT2D eigenvalue weighted by Crippen LogP contribution is -2.37. The Labute approximate surface area is 133 Å². The standard InChI is InChI=1S/C15H17ClN4O2/c16-12-5-3-11(4-6-12)8-19-9-14(17-18-19)15(22)20-7-1-2-13(20)10-21/h3-6,9,13,21H,1-2,7-8,10H2/t13-/m0/s1. The van der Waals surface area contributed by atoms with E-state index in [4.69, 9.17) is 11.6 Å². The number of hydrogen-bond acceptors (Lipinski definition) is 4. The van der Waals surface area contributed by atoms with Gasteiger partial charge in [-0.2, -0.15) is 0 Å². The van der Waals surface area contributed by atoms with Crippen molar-refractivity contribution >= 4 is 17.5 Å². The zero-order valence-corrected chi connectivity index (χ0v) is 12.8. The second-order valence-corrected chi connectivity index (χ2v) is 5.84. The number of nitrogens with zero attached hydrogens (tertiary/aromatic N) is 4. The maximum atomic E-state index is 12.4. The molecule has 1 saturated heterocycles. The van der Waals surface area contributed by atoms with E-state index in [0.717, 1.165) is 18.4 Å². The summed E-state index contributed by atoms with van der Waals surface area (Å²) in [7, 11) is 0. The summed E-state index contributed by atoms with van der Waals surface area (Å²) in [5.41, 5.74) is 1.34. The van der Waals surface area contributed by atoms with Crippen LogP contribution in [-0.4, -0.2) is 50.1 Å². The molecule has 1 N–H and O–H groups in total. The first kappa shape index (κ1) is 15.0. The van der Waals surface area contributed by atoms with Crippen LogP contribution in [0.3, 0.4) is 0 Å². The lowest BCUT2D eigenvalue weighted by molar-refractivity contribution is 0.0671. The molecule has 0 radical (unpaired) electrons. The van der Waals surface area contributed by atoms with Crippen molar-refractivity contribution in [3.63, 3.8) is 0 Å². The number of rotatable bonds is 4. The van der Waals surface area contributed by atoms with Crippen LogP contribution in [0.25, 0.3) is 0 Å². The van der Waals surface area contributed by atoms with Gasteiger partial charge in [-0.15, -0.1) is 5.10 Å². The summed E-state index contributed by atoms with van der Waals surface area (Å²) in [5.74, 6) is -0.168. The van der Waals surface area contributed by atoms with Crippen LogP contribution in [-0.2, 0) is 6.54 Å². The number of benzene rings is 1. The highest BCUT2D eigenvalue weighted by atomic mass is 35.5. The minimum Gasteiger partial charge on any atom is -0.394 e. The number of amides is 1. The van der Waals surface area contributed by atoms with Crippen molar-refractivity contribution in [1.29, 1.82) is 0 Å². The molecule has 0 unspecified atom stereocenters. The van der Waals surface area contributed by atoms with E-state index in [1.54, 1.807) is 15.8 Å². The molecule has 1 aromatic heterocycles. The van der Waals surface area contributed by atoms with Gasteiger partial charge >= 0.3 is 0 Å². The number of hydrogen-bond donors (Lipinski definition) is 1. The number of carbonyl (C=O) groups excluding carboxylic acids is 1. The number of carbonyl (C=O) groups is 1. The maximum absolute atomic E-state index is 12.4. The largest absolute Gasteiger partial charge is 0.394 e. The third-order valence-corrected chi connectivity index (χ3v) is 4.12. The molecule has 0 bridgehead atoms. The van der Waals surface area contributed by atoms with E-state index in [-0.39, 0.29) is 18.6 Å². The topological polar surface area (TPSA) is 71.2 Å². The SMILES string of the molecule is O=C(c1cn(Cc2ccc(Cl)cc2)nn1)N1CCC[C@H]1CO. The second kappa shape index (κ2) is 6.46. The second-order valence-electron chi connectivity index (χ2n) is 5.41. The van der Waals surface area contributed by atoms with Crippen LogP contribution < -0.4 is 0 Å². The fourth-order valence-corrected chi connectivity index (χ4v) is 2.82. The van der Waals surface area contributed by atoms with E-state index in [2.05, 4.69) is 10.3 Å². The predicted octanol–water partition coefficient (Wildman–Crippen LogP) is 1.58. The molecule has 7 heteroatoms. The van der Waals surface area contributed by atoms with Crippen molar-refractivity contribution in [2.75, 3.05) is 13.2 Å². The zero-order valence-electron chi connectivity index (χ0n) is 12.0. The van der Waals surface area contributed by atoms with Gasteiger partial charge in [0.25, 0.3) is 5.91 Å². The minimum atomic E-state index is -0.168. The van der Waals surface area contributed by atoms with E-state index in [1.807, 2.05) is 24.3 Å². The number of aromatic nitrogens is 3. The molecule has 1 aromatic carbocycles. The Morgan fingerprint density at radius 3 is 2.86 bits per heavy atom. The first-order valence-electron chi connectivity index (χ1n) is 7.24. The van der Waals surface area contributed by atoms with Gasteiger partial charge in [0.1, 0.15) is 0 Å². The molecule has 0 saturated carbocycles. The van der Waals surface area contributed by atoms with Crippen LogP contribution >= 0.6 is 11.6 Å². The molecule has 2 heterocycles. The molecule has 0 aliphatic carbocycles. The molecule has 1 aliphatic heterocycles. The van der Waals surface area contributed by atoms with Crippen molar-refractivity contribution in [2.45, 2.75) is 25.4 Å². The van der Waals surface area contributed by atoms with Crippen molar-refractivity contribution in [1.82, 2.24) is 19.9 Å². The van der Waals surface area contributed by atoms with E-state index < -0.39 is 0 Å². The molecule has 116 valence electrons. The van der Waals surface area contributed by atoms with E-state index in [1.165, 1.54) is 0 Å². The van der Waals surface area contributed by atoms with E-state index in [0.29, 0.717) is 23.8 Å². The van der Waals surface area contributed by atoms with Crippen LogP contribution in [0, 0.1) is 0 Å². The molecule has 1 atom stereocenters. The van der Waals surface area contributed by atoms with E-state index >= 15 is 0 Å². The molecular formula is C15H17ClN4O2. The monoisotopic (exact) mass is 320 g/mol. The fourth-order valence-electron chi connectivity index (χ4n) is 2.69. The summed E-state index contributed by atoms with van der Waals surface area (Å²) in [6.07, 6.45) is 3.39. The molecular weight excluding hydrogens is 304 g/mol. The minimum absolute atomic E-state index is 0.00927. The summed E-state index contributed by atoms with van der Waals surface area (Å²) >= 11 is 5.86. The quantitative estimate of drug-likeness (QED) is 0.928. The number of aliphatic hydroxyl groups is 1. The van der Waals surface area contributed by atoms with Crippen molar-refractivity contribution in [3.8, 4) is 0 Å². The summed E-state index contributed by atoms with van der Waals surface area (Å²) in [6, 6.07) is 7.35. The van der Waals surface area contributed by atoms with Crippen molar-refractivity contribution in [2.24, 2.45) is 0 Å². The Morgan fingerprint density at radius 1 is 1.36 bits per heavy atom. The van der Waals surface area contributed by atoms with Crippen LogP contribution in [0.5, 0.6) is 0 Å². The average Bonchev–Trinajstić information content (AvgIpc) is 3.17. The van der Waals surface area contributed by atoms with Gasteiger partial charge in [0.2, 0.25) is 0 Å². The third-order valence-electron chi connectivity index (χ3n) is 3.86. The number of halogens is 1. The molecule has 0 spiro atoms. The van der Waals surface area contributed by atoms with Gasteiger partial charge in [-0.25, -0.2) is 4.68 Å². The Morgan fingerprint density at radius 2 is 2.14 bits per heavy atom. The van der Waals surface area contributed by atoms with Gasteiger partial charge in [-0.1, -0.05) is 28.9 Å².